The van der Waals surface area contributed by atoms with E-state index >= 15 is 0 Å². The molecule has 1 rings (SSSR count). The number of hydrogen-bond donors (Lipinski definition) is 0. The van der Waals surface area contributed by atoms with Gasteiger partial charge in [0.1, 0.15) is 6.20 Å². The number of methoxy groups -OCH3 is 1. The van der Waals surface area contributed by atoms with E-state index in [0.29, 0.717) is 0 Å². The Bertz CT molecular complexity index is 460. The number of aromatic nitrogens is 1. The molecule has 0 radical (unpaired) electrons. The molecular formula is C9H7KN2O5. The van der Waals surface area contributed by atoms with Gasteiger partial charge in [0.25, 0.3) is 5.69 Å². The van der Waals surface area contributed by atoms with Gasteiger partial charge in [-0.3, -0.25) is 15.1 Å². The fraction of sp³-hybridized carbons (Fsp3) is 0.111. The van der Waals surface area contributed by atoms with E-state index in [1.54, 1.807) is 0 Å². The molecule has 0 spiro atoms. The Balaban J connectivity index is 0.00000256. The minimum Gasteiger partial charge on any atom is -0.868 e. The summed E-state index contributed by atoms with van der Waals surface area (Å²) < 4.78 is 4.18. The SMILES string of the molecule is COC(=O)C([O-])=Cc1ccncc1[N+](=O)[O-].[K+]. The van der Waals surface area contributed by atoms with Gasteiger partial charge in [0.15, 0.2) is 0 Å². The minimum absolute atomic E-state index is 0. The first-order chi connectivity index (χ1) is 7.56. The zero-order valence-corrected chi connectivity index (χ0v) is 12.4. The summed E-state index contributed by atoms with van der Waals surface area (Å²) in [6, 6.07) is 1.26. The van der Waals surface area contributed by atoms with Crippen LogP contribution in [0, 0.1) is 10.1 Å². The molecule has 1 aromatic rings. The topological polar surface area (TPSA) is 105 Å². The summed E-state index contributed by atoms with van der Waals surface area (Å²) in [5.74, 6) is -2.04. The van der Waals surface area contributed by atoms with Crippen molar-refractivity contribution < 1.29 is 70.9 Å². The molecule has 0 atom stereocenters. The summed E-state index contributed by atoms with van der Waals surface area (Å²) in [6.45, 7) is 0. The average molecular weight is 262 g/mol. The predicted molar refractivity (Wildman–Crippen MR) is 50.9 cm³/mol. The van der Waals surface area contributed by atoms with Gasteiger partial charge in [0.05, 0.1) is 17.6 Å². The third kappa shape index (κ3) is 4.52. The Morgan fingerprint density at radius 3 is 2.76 bits per heavy atom. The molecule has 1 heterocycles. The van der Waals surface area contributed by atoms with Crippen LogP contribution in [0.15, 0.2) is 24.2 Å². The van der Waals surface area contributed by atoms with Gasteiger partial charge in [0, 0.05) is 6.20 Å². The summed E-state index contributed by atoms with van der Waals surface area (Å²) in [6.07, 6.45) is 3.12. The monoisotopic (exact) mass is 262 g/mol. The molecule has 0 unspecified atom stereocenters. The Morgan fingerprint density at radius 1 is 1.59 bits per heavy atom. The Labute approximate surface area is 139 Å². The summed E-state index contributed by atoms with van der Waals surface area (Å²) in [4.78, 5) is 24.2. The van der Waals surface area contributed by atoms with Crippen molar-refractivity contribution >= 4 is 17.7 Å². The average Bonchev–Trinajstić information content (AvgIpc) is 2.28. The molecule has 0 fully saturated rings. The summed E-state index contributed by atoms with van der Waals surface area (Å²) in [5, 5.41) is 21.7. The van der Waals surface area contributed by atoms with Crippen molar-refractivity contribution in [1.29, 1.82) is 0 Å². The van der Waals surface area contributed by atoms with Crippen molar-refractivity contribution in [1.82, 2.24) is 4.98 Å². The predicted octanol–water partition coefficient (Wildman–Crippen LogP) is -3.13. The van der Waals surface area contributed by atoms with Crippen molar-refractivity contribution in [3.8, 4) is 0 Å². The zero-order valence-electron chi connectivity index (χ0n) is 9.25. The van der Waals surface area contributed by atoms with Crippen LogP contribution in [0.5, 0.6) is 0 Å². The van der Waals surface area contributed by atoms with E-state index in [1.165, 1.54) is 12.3 Å². The summed E-state index contributed by atoms with van der Waals surface area (Å²) in [7, 11) is 1.05. The molecule has 0 aromatic carbocycles. The Hall–Kier alpha value is -0.804. The summed E-state index contributed by atoms with van der Waals surface area (Å²) in [5.41, 5.74) is -0.338. The maximum atomic E-state index is 11.1. The molecule has 1 aromatic heterocycles. The molecular weight excluding hydrogens is 255 g/mol. The number of nitrogens with zero attached hydrogens (tertiary/aromatic N) is 2. The molecule has 0 amide bonds. The fourth-order valence-corrected chi connectivity index (χ4v) is 0.972. The standard InChI is InChI=1S/C9H8N2O5.K/c1-16-9(13)8(12)4-6-2-3-10-5-7(6)11(14)15;/h2-5,12H,1H3;/q;+1/p-1. The van der Waals surface area contributed by atoms with Crippen molar-refractivity contribution in [3.63, 3.8) is 0 Å². The second kappa shape index (κ2) is 7.51. The number of ether oxygens (including phenoxy) is 1. The molecule has 0 saturated carbocycles. The first kappa shape index (κ1) is 16.2. The number of pyridine rings is 1. The van der Waals surface area contributed by atoms with E-state index in [9.17, 15) is 20.0 Å². The van der Waals surface area contributed by atoms with Crippen molar-refractivity contribution in [2.75, 3.05) is 7.11 Å². The minimum atomic E-state index is -1.08. The Kier molecular flexibility index (Phi) is 7.15. The van der Waals surface area contributed by atoms with Gasteiger partial charge < -0.3 is 9.84 Å². The van der Waals surface area contributed by atoms with Crippen LogP contribution < -0.4 is 56.5 Å². The molecule has 0 aliphatic carbocycles. The number of carbonyl (C=O) groups is 1. The molecule has 8 heteroatoms. The van der Waals surface area contributed by atoms with E-state index < -0.39 is 16.7 Å². The van der Waals surface area contributed by atoms with Crippen LogP contribution in [-0.2, 0) is 9.53 Å². The Morgan fingerprint density at radius 2 is 2.24 bits per heavy atom. The number of esters is 1. The maximum Gasteiger partial charge on any atom is 1.00 e. The van der Waals surface area contributed by atoms with Crippen LogP contribution in [0.2, 0.25) is 0 Å². The van der Waals surface area contributed by atoms with Crippen LogP contribution in [0.3, 0.4) is 0 Å². The molecule has 17 heavy (non-hydrogen) atoms. The second-order valence-electron chi connectivity index (χ2n) is 2.69. The first-order valence-corrected chi connectivity index (χ1v) is 4.11. The van der Waals surface area contributed by atoms with E-state index in [4.69, 9.17) is 0 Å². The molecule has 0 bridgehead atoms. The van der Waals surface area contributed by atoms with Gasteiger partial charge in [-0.05, 0) is 17.9 Å². The van der Waals surface area contributed by atoms with Gasteiger partial charge in [-0.15, -0.1) is 0 Å². The van der Waals surface area contributed by atoms with Gasteiger partial charge in [0.2, 0.25) is 0 Å². The number of nitro groups is 1. The molecule has 0 N–H and O–H groups in total. The number of carbonyl (C=O) groups excluding carboxylic acids is 1. The largest absolute Gasteiger partial charge is 1.00 e. The first-order valence-electron chi connectivity index (χ1n) is 4.11. The second-order valence-corrected chi connectivity index (χ2v) is 2.69. The number of hydrogen-bond acceptors (Lipinski definition) is 6. The molecule has 0 saturated heterocycles. The van der Waals surface area contributed by atoms with E-state index in [-0.39, 0.29) is 62.6 Å². The van der Waals surface area contributed by atoms with Crippen LogP contribution in [0.4, 0.5) is 5.69 Å². The molecule has 7 nitrogen and oxygen atoms in total. The molecule has 84 valence electrons. The van der Waals surface area contributed by atoms with Gasteiger partial charge >= 0.3 is 57.4 Å². The quantitative estimate of drug-likeness (QED) is 0.142. The van der Waals surface area contributed by atoms with Crippen LogP contribution in [0.1, 0.15) is 5.56 Å². The smallest absolute Gasteiger partial charge is 0.868 e. The summed E-state index contributed by atoms with van der Waals surface area (Å²) >= 11 is 0. The van der Waals surface area contributed by atoms with Gasteiger partial charge in [-0.1, -0.05) is 0 Å². The molecule has 0 aliphatic rings. The molecule has 0 aliphatic heterocycles. The van der Waals surface area contributed by atoms with Crippen molar-refractivity contribution in [3.05, 3.63) is 39.9 Å². The van der Waals surface area contributed by atoms with Crippen molar-refractivity contribution in [2.45, 2.75) is 0 Å². The van der Waals surface area contributed by atoms with Gasteiger partial charge in [-0.2, -0.15) is 0 Å². The zero-order chi connectivity index (χ0) is 12.1. The maximum absolute atomic E-state index is 11.1. The third-order valence-electron chi connectivity index (χ3n) is 1.70. The van der Waals surface area contributed by atoms with Gasteiger partial charge in [-0.25, -0.2) is 4.79 Å². The number of rotatable bonds is 3. The normalized spacial score (nSPS) is 10.3. The fourth-order valence-electron chi connectivity index (χ4n) is 0.972. The van der Waals surface area contributed by atoms with Crippen LogP contribution in [0.25, 0.3) is 6.08 Å². The van der Waals surface area contributed by atoms with Crippen LogP contribution >= 0.6 is 0 Å². The van der Waals surface area contributed by atoms with E-state index in [2.05, 4.69) is 9.72 Å². The van der Waals surface area contributed by atoms with Crippen LogP contribution in [-0.4, -0.2) is 23.0 Å². The van der Waals surface area contributed by atoms with Crippen molar-refractivity contribution in [2.24, 2.45) is 0 Å². The van der Waals surface area contributed by atoms with E-state index in [0.717, 1.165) is 19.4 Å². The van der Waals surface area contributed by atoms with E-state index in [1.807, 2.05) is 0 Å². The third-order valence-corrected chi connectivity index (χ3v) is 1.70.